The molecule has 69 heavy (non-hydrogen) atoms. The van der Waals surface area contributed by atoms with Crippen LogP contribution in [0.5, 0.6) is 0 Å². The van der Waals surface area contributed by atoms with Gasteiger partial charge in [0.15, 0.2) is 8.07 Å². The lowest BCUT2D eigenvalue weighted by Gasteiger charge is -2.36. The van der Waals surface area contributed by atoms with Crippen LogP contribution >= 0.6 is 0 Å². The lowest BCUT2D eigenvalue weighted by Crippen LogP contribution is -2.74. The van der Waals surface area contributed by atoms with Crippen molar-refractivity contribution < 1.29 is 6.85 Å². The van der Waals surface area contributed by atoms with Gasteiger partial charge in [-0.3, -0.25) is 0 Å². The van der Waals surface area contributed by atoms with Gasteiger partial charge in [-0.05, 0) is 85.4 Å². The van der Waals surface area contributed by atoms with Crippen molar-refractivity contribution in [1.82, 2.24) is 9.13 Å². The molecule has 3 heteroatoms. The number of rotatable bonds is 9. The second-order valence-electron chi connectivity index (χ2n) is 17.6. The molecule has 0 saturated heterocycles. The number of nitrogens with zero attached hydrogens (tertiary/aromatic N) is 2. The molecule has 0 radical (unpaired) electrons. The Morgan fingerprint density at radius 1 is 0.304 bits per heavy atom. The summed E-state index contributed by atoms with van der Waals surface area (Å²) in [6, 6.07) is 88.0. The maximum atomic E-state index is 8.99. The van der Waals surface area contributed by atoms with Crippen molar-refractivity contribution in [3.05, 3.63) is 279 Å². The zero-order chi connectivity index (χ0) is 50.1. The van der Waals surface area contributed by atoms with Gasteiger partial charge in [-0.25, -0.2) is 0 Å². The predicted octanol–water partition coefficient (Wildman–Crippen LogP) is 14.3. The van der Waals surface area contributed by atoms with Gasteiger partial charge >= 0.3 is 0 Å². The highest BCUT2D eigenvalue weighted by Crippen LogP contribution is 2.45. The summed E-state index contributed by atoms with van der Waals surface area (Å²) in [7, 11) is -3.03. The maximum Gasteiger partial charge on any atom is 0.179 e. The third-order valence-electron chi connectivity index (χ3n) is 13.9. The molecule has 0 aliphatic heterocycles. The van der Waals surface area contributed by atoms with E-state index >= 15 is 0 Å². The molecular formula is C66H46N2Si. The molecule has 0 amide bonds. The summed E-state index contributed by atoms with van der Waals surface area (Å²) in [5.74, 6) is 0. The molecule has 2 nitrogen and oxygen atoms in total. The number of para-hydroxylation sites is 3. The van der Waals surface area contributed by atoms with Gasteiger partial charge in [0.1, 0.15) is 0 Å². The Morgan fingerprint density at radius 2 is 0.768 bits per heavy atom. The number of fused-ring (bicyclic) bond motifs is 6. The van der Waals surface area contributed by atoms with E-state index in [0.717, 1.165) is 82.7 Å². The van der Waals surface area contributed by atoms with Crippen LogP contribution in [0.1, 0.15) is 6.85 Å². The molecule has 0 saturated carbocycles. The van der Waals surface area contributed by atoms with Gasteiger partial charge in [-0.15, -0.1) is 0 Å². The maximum absolute atomic E-state index is 8.99. The highest BCUT2D eigenvalue weighted by Gasteiger charge is 2.42. The first-order valence-electron chi connectivity index (χ1n) is 25.9. The minimum atomic E-state index is -3.03. The quantitative estimate of drug-likeness (QED) is 0.101. The fourth-order valence-corrected chi connectivity index (χ4v) is 15.9. The van der Waals surface area contributed by atoms with E-state index in [2.05, 4.69) is 223 Å². The van der Waals surface area contributed by atoms with E-state index in [1.165, 1.54) is 20.7 Å². The van der Waals surface area contributed by atoms with Gasteiger partial charge in [0, 0.05) is 38.4 Å². The van der Waals surface area contributed by atoms with Crippen LogP contribution < -0.4 is 20.7 Å². The molecule has 0 aliphatic carbocycles. The summed E-state index contributed by atoms with van der Waals surface area (Å²) in [5.41, 5.74) is 11.4. The Bertz CT molecular complexity index is 4100. The summed E-state index contributed by atoms with van der Waals surface area (Å²) < 4.78 is 47.7. The summed E-state index contributed by atoms with van der Waals surface area (Å²) in [5, 5.41) is 9.26. The molecule has 13 aromatic rings. The van der Waals surface area contributed by atoms with E-state index in [1.54, 1.807) is 0 Å². The van der Waals surface area contributed by atoms with Crippen LogP contribution in [0.4, 0.5) is 0 Å². The molecule has 2 heterocycles. The number of hydrogen-bond donors (Lipinski definition) is 0. The molecule has 0 aliphatic rings. The van der Waals surface area contributed by atoms with Crippen LogP contribution in [-0.2, 0) is 0 Å². The molecule has 13 rings (SSSR count). The third kappa shape index (κ3) is 6.54. The van der Waals surface area contributed by atoms with Crippen LogP contribution in [0.15, 0.2) is 279 Å². The first-order valence-corrected chi connectivity index (χ1v) is 25.4. The van der Waals surface area contributed by atoms with Crippen LogP contribution in [0.3, 0.4) is 0 Å². The fourth-order valence-electron chi connectivity index (χ4n) is 11.1. The van der Waals surface area contributed by atoms with Crippen LogP contribution in [0, 0.1) is 0 Å². The summed E-state index contributed by atoms with van der Waals surface area (Å²) in [4.78, 5) is 0. The zero-order valence-electron chi connectivity index (χ0n) is 42.6. The van der Waals surface area contributed by atoms with Crippen molar-refractivity contribution in [1.29, 1.82) is 0 Å². The van der Waals surface area contributed by atoms with E-state index < -0.39 is 14.1 Å². The lowest BCUT2D eigenvalue weighted by atomic mass is 9.95. The monoisotopic (exact) mass is 899 g/mol. The third-order valence-corrected chi connectivity index (χ3v) is 18.7. The Balaban J connectivity index is 1.13. The highest BCUT2D eigenvalue weighted by molar-refractivity contribution is 7.20. The minimum Gasteiger partial charge on any atom is -0.309 e. The van der Waals surface area contributed by atoms with Crippen molar-refractivity contribution in [3.8, 4) is 44.8 Å². The normalized spacial score (nSPS) is 12.8. The summed E-state index contributed by atoms with van der Waals surface area (Å²) in [6.45, 7) is 0. The van der Waals surface area contributed by atoms with Crippen molar-refractivity contribution in [2.75, 3.05) is 0 Å². The van der Waals surface area contributed by atoms with Crippen LogP contribution in [0.2, 0.25) is 0 Å². The van der Waals surface area contributed by atoms with Crippen molar-refractivity contribution in [2.45, 2.75) is 0 Å². The average molecular weight is 900 g/mol. The molecule has 11 aromatic carbocycles. The van der Waals surface area contributed by atoms with Crippen molar-refractivity contribution in [2.24, 2.45) is 0 Å². The highest BCUT2D eigenvalue weighted by atomic mass is 28.3. The van der Waals surface area contributed by atoms with E-state index in [4.69, 9.17) is 6.85 Å². The van der Waals surface area contributed by atoms with Gasteiger partial charge < -0.3 is 9.13 Å². The molecular weight excluding hydrogens is 849 g/mol. The average Bonchev–Trinajstić information content (AvgIpc) is 3.99. The van der Waals surface area contributed by atoms with E-state index in [1.807, 2.05) is 34.9 Å². The number of hydrogen-bond acceptors (Lipinski definition) is 0. The second kappa shape index (κ2) is 16.8. The molecule has 0 spiro atoms. The van der Waals surface area contributed by atoms with Gasteiger partial charge in [-0.1, -0.05) is 237 Å². The largest absolute Gasteiger partial charge is 0.309 e. The molecule has 0 bridgehead atoms. The molecule has 0 atom stereocenters. The number of aromatic nitrogens is 2. The minimum absolute atomic E-state index is 0.130. The molecule has 0 N–H and O–H groups in total. The lowest BCUT2D eigenvalue weighted by molar-refractivity contribution is 1.18. The van der Waals surface area contributed by atoms with Crippen LogP contribution in [0.25, 0.3) is 88.4 Å². The number of benzene rings is 11. The van der Waals surface area contributed by atoms with Crippen molar-refractivity contribution in [3.63, 3.8) is 0 Å². The molecule has 0 unspecified atom stereocenters. The van der Waals surface area contributed by atoms with Crippen molar-refractivity contribution >= 4 is 72.4 Å². The first-order chi connectivity index (χ1) is 36.3. The standard InChI is InChI=1S/C66H46N2Si/c1-7-24-47(25-8-1)58-45-54(69(51-30-13-4-14-31-51,52-32-15-5-16-33-52)53-34-17-6-18-35-53)46-59(48-26-9-2-10-27-48)66(58)68-62-40-22-20-37-57(62)65-55(38-23-41-64(65)68)49-42-43-63-60(44-49)56-36-19-21-39-61(56)67(63)50-28-11-3-12-29-50/h1-46H/i3D,11D,12D,28D,29D. The molecule has 2 aromatic heterocycles. The Hall–Kier alpha value is -8.76. The van der Waals surface area contributed by atoms with Gasteiger partial charge in [-0.2, -0.15) is 0 Å². The summed E-state index contributed by atoms with van der Waals surface area (Å²) in [6.07, 6.45) is 0. The SMILES string of the molecule is [2H]c1c([2H])c([2H])c(-n2c3ccccc3c3cc(-c4cccc5c4c4ccccc4n5-c4c(-c5ccccc5)cc([Si](c5ccccc5)(c5ccccc5)c5ccccc5)cc4-c4ccccc4)ccc32)c([2H])c1[2H]. The van der Waals surface area contributed by atoms with E-state index in [-0.39, 0.29) is 29.9 Å². The second-order valence-corrected chi connectivity index (χ2v) is 21.4. The predicted molar refractivity (Wildman–Crippen MR) is 295 cm³/mol. The van der Waals surface area contributed by atoms with Crippen LogP contribution in [-0.4, -0.2) is 17.2 Å². The Labute approximate surface area is 410 Å². The Morgan fingerprint density at radius 3 is 1.33 bits per heavy atom. The summed E-state index contributed by atoms with van der Waals surface area (Å²) >= 11 is 0. The van der Waals surface area contributed by atoms with E-state index in [9.17, 15) is 0 Å². The zero-order valence-corrected chi connectivity index (χ0v) is 38.6. The van der Waals surface area contributed by atoms with E-state index in [0.29, 0.717) is 0 Å². The smallest absolute Gasteiger partial charge is 0.179 e. The fraction of sp³-hybridized carbons (Fsp3) is 0. The van der Waals surface area contributed by atoms with Gasteiger partial charge in [0.05, 0.1) is 34.6 Å². The Kier molecular flexibility index (Phi) is 8.65. The molecule has 0 fully saturated rings. The topological polar surface area (TPSA) is 9.86 Å². The molecule has 324 valence electrons. The first kappa shape index (κ1) is 35.4. The van der Waals surface area contributed by atoms with Gasteiger partial charge in [0.2, 0.25) is 0 Å². The van der Waals surface area contributed by atoms with Gasteiger partial charge in [0.25, 0.3) is 0 Å².